The van der Waals surface area contributed by atoms with Gasteiger partial charge in [-0.15, -0.1) is 0 Å². The van der Waals surface area contributed by atoms with E-state index in [-0.39, 0.29) is 0 Å². The van der Waals surface area contributed by atoms with Gasteiger partial charge in [0.05, 0.1) is 8.07 Å². The second-order valence-corrected chi connectivity index (χ2v) is 35.3. The zero-order valence-electron chi connectivity index (χ0n) is 59.8. The van der Waals surface area contributed by atoms with Gasteiger partial charge in [-0.1, -0.05) is 327 Å². The maximum atomic E-state index is 5.92. The molecule has 4 aromatic carbocycles. The minimum atomic E-state index is -1.01. The SMILES string of the molecule is CC(C)C(C)(C)C.CC(C)C(C)C.CC(C)CCc1ccc(Cl)cc1.CCC.CCC(C)(C)C.CCC(C)(C)c1ccccc1.CCCC(C)(C)C.CC[Si](CC)(CC)C(C)CCc1ccc(Cl)cc1.Cc1cc(C)c(C)c(C)c1. The molecule has 0 heterocycles. The predicted octanol–water partition coefficient (Wildman–Crippen LogP) is 28.1. The van der Waals surface area contributed by atoms with Crippen LogP contribution in [0.25, 0.3) is 0 Å². The molecule has 0 fully saturated rings. The van der Waals surface area contributed by atoms with Crippen molar-refractivity contribution in [3.05, 3.63) is 140 Å². The number of aryl methyl sites for hydroxylation is 5. The van der Waals surface area contributed by atoms with Crippen LogP contribution in [0.15, 0.2) is 91.0 Å². The third kappa shape index (κ3) is 49.1. The molecule has 1 atom stereocenters. The molecule has 0 aliphatic carbocycles. The maximum Gasteiger partial charge on any atom is 0.0556 e. The van der Waals surface area contributed by atoms with Crippen LogP contribution in [-0.4, -0.2) is 8.07 Å². The van der Waals surface area contributed by atoms with Crippen LogP contribution >= 0.6 is 23.2 Å². The molecule has 0 aromatic heterocycles. The first-order valence-corrected chi connectivity index (χ1v) is 35.7. The van der Waals surface area contributed by atoms with Crippen LogP contribution in [0.1, 0.15) is 278 Å². The Morgan fingerprint density at radius 1 is 0.463 bits per heavy atom. The summed E-state index contributed by atoms with van der Waals surface area (Å²) >= 11 is 11.7. The van der Waals surface area contributed by atoms with E-state index in [9.17, 15) is 0 Å². The minimum Gasteiger partial charge on any atom is -0.0843 e. The zero-order valence-corrected chi connectivity index (χ0v) is 62.3. The molecule has 80 heavy (non-hydrogen) atoms. The van der Waals surface area contributed by atoms with Gasteiger partial charge in [0, 0.05) is 10.0 Å². The van der Waals surface area contributed by atoms with E-state index in [1.807, 2.05) is 24.3 Å². The molecule has 4 aromatic rings. The molecule has 4 rings (SSSR count). The van der Waals surface area contributed by atoms with Crippen molar-refractivity contribution in [3.63, 3.8) is 0 Å². The summed E-state index contributed by atoms with van der Waals surface area (Å²) in [5.74, 6) is 3.28. The summed E-state index contributed by atoms with van der Waals surface area (Å²) in [7, 11) is -1.01. The molecule has 0 bridgehead atoms. The Hall–Kier alpha value is -2.32. The van der Waals surface area contributed by atoms with Crippen molar-refractivity contribution in [1.82, 2.24) is 0 Å². The van der Waals surface area contributed by atoms with E-state index in [2.05, 4.69) is 288 Å². The van der Waals surface area contributed by atoms with E-state index in [1.165, 1.54) is 108 Å². The van der Waals surface area contributed by atoms with E-state index in [0.717, 1.165) is 45.7 Å². The minimum absolute atomic E-state index is 0.335. The first kappa shape index (κ1) is 86.5. The van der Waals surface area contributed by atoms with Crippen molar-refractivity contribution < 1.29 is 0 Å². The van der Waals surface area contributed by atoms with Crippen LogP contribution in [-0.2, 0) is 18.3 Å². The molecule has 1 unspecified atom stereocenters. The quantitative estimate of drug-likeness (QED) is 0.110. The highest BCUT2D eigenvalue weighted by Crippen LogP contribution is 2.36. The van der Waals surface area contributed by atoms with Gasteiger partial charge < -0.3 is 0 Å². The molecule has 0 saturated carbocycles. The van der Waals surface area contributed by atoms with Crippen molar-refractivity contribution in [2.24, 2.45) is 39.9 Å². The van der Waals surface area contributed by atoms with Crippen molar-refractivity contribution in [3.8, 4) is 0 Å². The Labute approximate surface area is 516 Å². The van der Waals surface area contributed by atoms with Crippen LogP contribution < -0.4 is 0 Å². The Morgan fingerprint density at radius 2 is 0.800 bits per heavy atom. The molecule has 466 valence electrons. The third-order valence-electron chi connectivity index (χ3n) is 16.5. The topological polar surface area (TPSA) is 0 Å². The first-order chi connectivity index (χ1) is 36.7. The largest absolute Gasteiger partial charge is 0.0843 e. The monoisotopic (exact) mass is 1160 g/mol. The van der Waals surface area contributed by atoms with Crippen LogP contribution in [0.4, 0.5) is 0 Å². The molecule has 0 N–H and O–H groups in total. The molecular weight excluding hydrogens is 1020 g/mol. The predicted molar refractivity (Wildman–Crippen MR) is 380 cm³/mol. The van der Waals surface area contributed by atoms with Crippen molar-refractivity contribution in [1.29, 1.82) is 0 Å². The first-order valence-electron chi connectivity index (χ1n) is 32.2. The van der Waals surface area contributed by atoms with Crippen LogP contribution in [0.3, 0.4) is 0 Å². The molecule has 0 aliphatic rings. The fraction of sp³-hybridized carbons (Fsp3) is 0.688. The van der Waals surface area contributed by atoms with Gasteiger partial charge in [0.25, 0.3) is 0 Å². The lowest BCUT2D eigenvalue weighted by atomic mass is 9.82. The summed E-state index contributed by atoms with van der Waals surface area (Å²) in [5, 5.41) is 1.66. The van der Waals surface area contributed by atoms with E-state index in [0.29, 0.717) is 21.7 Å². The summed E-state index contributed by atoms with van der Waals surface area (Å²) in [6, 6.07) is 35.9. The molecule has 0 nitrogen and oxygen atoms in total. The highest BCUT2D eigenvalue weighted by Gasteiger charge is 2.32. The van der Waals surface area contributed by atoms with Crippen LogP contribution in [0, 0.1) is 67.6 Å². The standard InChI is InChI=1S/C16H27ClSi.C11H15Cl.C11H16.C10H14.2C7H16.2C6H14.C3H8/c1-5-18(6-2,7-3)14(4)8-9-15-10-12-16(17)13-11-15;1-9(2)3-4-10-5-7-11(12)8-6-10;1-4-11(2,3)10-8-6-5-7-9-10;1-7-5-8(2)10(4)9(3)6-7;1-6(2)7(3,4)5;1-5-6-7(2,3)4;1-5-6(2,3)4;1-5(2)6(3)4;1-3-2/h10-14H,5-9H2,1-4H3;5-9H,3-4H2,1-2H3;5-9H,4H2,1-3H3;5-6H,1-4H3;6H,1-5H3;5-6H2,1-4H3;5H2,1-4H3;5-6H,1-4H3;3H2,1-2H3. The van der Waals surface area contributed by atoms with E-state index in [4.69, 9.17) is 23.2 Å². The fourth-order valence-corrected chi connectivity index (χ4v) is 11.9. The van der Waals surface area contributed by atoms with Gasteiger partial charge >= 0.3 is 0 Å². The fourth-order valence-electron chi connectivity index (χ4n) is 7.34. The number of benzene rings is 4. The number of hydrogen-bond donors (Lipinski definition) is 0. The average Bonchev–Trinajstić information content (AvgIpc) is 3.37. The van der Waals surface area contributed by atoms with Crippen molar-refractivity contribution in [2.75, 3.05) is 0 Å². The molecule has 0 radical (unpaired) electrons. The zero-order chi connectivity index (χ0) is 63.7. The van der Waals surface area contributed by atoms with E-state index >= 15 is 0 Å². The highest BCUT2D eigenvalue weighted by molar-refractivity contribution is 6.80. The Balaban J connectivity index is -0.000000274. The Morgan fingerprint density at radius 3 is 1.04 bits per heavy atom. The summed E-state index contributed by atoms with van der Waals surface area (Å²) < 4.78 is 0. The molecular formula is C77H140Cl2Si. The summed E-state index contributed by atoms with van der Waals surface area (Å²) in [5.41, 5.74) is 12.7. The lowest BCUT2D eigenvalue weighted by Gasteiger charge is -2.35. The highest BCUT2D eigenvalue weighted by atomic mass is 35.5. The Bertz CT molecular complexity index is 1940. The number of halogens is 2. The lowest BCUT2D eigenvalue weighted by Crippen LogP contribution is -2.36. The second-order valence-electron chi connectivity index (χ2n) is 28.6. The number of hydrogen-bond acceptors (Lipinski definition) is 0. The van der Waals surface area contributed by atoms with Crippen LogP contribution in [0.5, 0.6) is 0 Å². The van der Waals surface area contributed by atoms with Gasteiger partial charge in [0.2, 0.25) is 0 Å². The molecule has 0 aliphatic heterocycles. The maximum absolute atomic E-state index is 5.92. The van der Waals surface area contributed by atoms with Crippen LogP contribution in [0.2, 0.25) is 33.7 Å². The molecule has 0 amide bonds. The summed E-state index contributed by atoms with van der Waals surface area (Å²) in [6.45, 7) is 72.1. The lowest BCUT2D eigenvalue weighted by molar-refractivity contribution is 0.283. The Kier molecular flexibility index (Phi) is 50.8. The normalized spacial score (nSPS) is 11.6. The number of rotatable bonds is 14. The van der Waals surface area contributed by atoms with Gasteiger partial charge in [-0.25, -0.2) is 0 Å². The molecule has 0 spiro atoms. The van der Waals surface area contributed by atoms with Gasteiger partial charge in [0.1, 0.15) is 0 Å². The van der Waals surface area contributed by atoms with Gasteiger partial charge in [0.15, 0.2) is 0 Å². The van der Waals surface area contributed by atoms with E-state index < -0.39 is 8.07 Å². The van der Waals surface area contributed by atoms with Gasteiger partial charge in [-0.3, -0.25) is 0 Å². The van der Waals surface area contributed by atoms with Crippen molar-refractivity contribution >= 4 is 31.3 Å². The summed E-state index contributed by atoms with van der Waals surface area (Å²) in [4.78, 5) is 0. The third-order valence-corrected chi connectivity index (χ3v) is 23.6. The molecule has 0 saturated heterocycles. The summed E-state index contributed by atoms with van der Waals surface area (Å²) in [6.07, 6.45) is 11.3. The average molecular weight is 1160 g/mol. The van der Waals surface area contributed by atoms with Gasteiger partial charge in [-0.05, 0) is 175 Å². The van der Waals surface area contributed by atoms with E-state index in [1.54, 1.807) is 0 Å². The van der Waals surface area contributed by atoms with Gasteiger partial charge in [-0.2, -0.15) is 0 Å². The smallest absolute Gasteiger partial charge is 0.0556 e. The molecule has 3 heteroatoms. The second kappa shape index (κ2) is 47.0. The van der Waals surface area contributed by atoms with Crippen molar-refractivity contribution in [2.45, 2.75) is 308 Å².